The average molecular weight is 312 g/mol. The lowest BCUT2D eigenvalue weighted by Gasteiger charge is -2.20. The van der Waals surface area contributed by atoms with Gasteiger partial charge in [-0.2, -0.15) is 5.26 Å². The maximum absolute atomic E-state index is 12.6. The largest absolute Gasteiger partial charge is 0.341 e. The lowest BCUT2D eigenvalue weighted by Crippen LogP contribution is -2.29. The molecule has 0 radical (unpaired) electrons. The fourth-order valence-electron chi connectivity index (χ4n) is 2.56. The van der Waals surface area contributed by atoms with Crippen LogP contribution in [0.5, 0.6) is 0 Å². The molecule has 0 bridgehead atoms. The summed E-state index contributed by atoms with van der Waals surface area (Å²) in [4.78, 5) is 12.6. The topological polar surface area (TPSA) is 52.9 Å². The van der Waals surface area contributed by atoms with Crippen molar-refractivity contribution in [3.8, 4) is 6.07 Å². The third kappa shape index (κ3) is 3.50. The number of rotatable bonds is 4. The summed E-state index contributed by atoms with van der Waals surface area (Å²) in [6.45, 7) is 0. The van der Waals surface area contributed by atoms with Crippen LogP contribution >= 0.6 is 0 Å². The zero-order valence-electron chi connectivity index (χ0n) is 13.0. The highest BCUT2D eigenvalue weighted by Gasteiger charge is 2.17. The molecule has 116 valence electrons. The molecule has 3 rings (SSSR count). The molecule has 0 spiro atoms. The Bertz CT molecular complexity index is 810. The zero-order chi connectivity index (χ0) is 16.8. The molecular formula is C21H16N2O. The van der Waals surface area contributed by atoms with Gasteiger partial charge in [-0.25, -0.2) is 0 Å². The van der Waals surface area contributed by atoms with Crippen LogP contribution < -0.4 is 5.32 Å². The number of benzene rings is 3. The lowest BCUT2D eigenvalue weighted by molar-refractivity contribution is 0.0943. The van der Waals surface area contributed by atoms with Gasteiger partial charge in [0, 0.05) is 5.56 Å². The number of hydrogen-bond donors (Lipinski definition) is 1. The molecule has 0 aliphatic rings. The normalized spacial score (nSPS) is 10.2. The zero-order valence-corrected chi connectivity index (χ0v) is 13.0. The van der Waals surface area contributed by atoms with E-state index >= 15 is 0 Å². The first-order valence-corrected chi connectivity index (χ1v) is 7.69. The number of carbonyl (C=O) groups excluding carboxylic acids is 1. The molecule has 3 heteroatoms. The summed E-state index contributed by atoms with van der Waals surface area (Å²) >= 11 is 0. The molecule has 0 unspecified atom stereocenters. The summed E-state index contributed by atoms with van der Waals surface area (Å²) in [6, 6.07) is 28.2. The molecule has 0 aliphatic carbocycles. The summed E-state index contributed by atoms with van der Waals surface area (Å²) in [5.41, 5.74) is 3.11. The van der Waals surface area contributed by atoms with Gasteiger partial charge in [-0.3, -0.25) is 4.79 Å². The summed E-state index contributed by atoms with van der Waals surface area (Å²) in [5, 5.41) is 11.9. The van der Waals surface area contributed by atoms with Gasteiger partial charge < -0.3 is 5.32 Å². The van der Waals surface area contributed by atoms with E-state index in [2.05, 4.69) is 11.4 Å². The highest BCUT2D eigenvalue weighted by Crippen LogP contribution is 2.22. The third-order valence-corrected chi connectivity index (χ3v) is 3.82. The van der Waals surface area contributed by atoms with Gasteiger partial charge in [0.05, 0.1) is 17.7 Å². The van der Waals surface area contributed by atoms with Gasteiger partial charge >= 0.3 is 0 Å². The first kappa shape index (κ1) is 15.5. The molecule has 0 aromatic heterocycles. The van der Waals surface area contributed by atoms with E-state index in [4.69, 9.17) is 5.26 Å². The Balaban J connectivity index is 1.89. The first-order chi connectivity index (χ1) is 11.8. The minimum atomic E-state index is -0.226. The van der Waals surface area contributed by atoms with Gasteiger partial charge in [-0.15, -0.1) is 0 Å². The number of nitrogens with one attached hydrogen (secondary N) is 1. The van der Waals surface area contributed by atoms with Gasteiger partial charge in [0.15, 0.2) is 0 Å². The smallest absolute Gasteiger partial charge is 0.252 e. The Hall–Kier alpha value is -3.38. The second-order valence-electron chi connectivity index (χ2n) is 5.42. The molecule has 3 aromatic carbocycles. The molecular weight excluding hydrogens is 296 g/mol. The quantitative estimate of drug-likeness (QED) is 0.789. The molecule has 0 atom stereocenters. The number of nitriles is 1. The number of amides is 1. The monoisotopic (exact) mass is 312 g/mol. The molecule has 0 saturated heterocycles. The third-order valence-electron chi connectivity index (χ3n) is 3.82. The highest BCUT2D eigenvalue weighted by molar-refractivity contribution is 5.94. The molecule has 0 aliphatic heterocycles. The van der Waals surface area contributed by atoms with Crippen molar-refractivity contribution in [1.82, 2.24) is 5.32 Å². The van der Waals surface area contributed by atoms with Gasteiger partial charge in [-0.05, 0) is 35.4 Å². The summed E-state index contributed by atoms with van der Waals surface area (Å²) in [5.74, 6) is -0.169. The molecule has 1 amide bonds. The molecule has 0 heterocycles. The molecule has 24 heavy (non-hydrogen) atoms. The van der Waals surface area contributed by atoms with E-state index in [9.17, 15) is 4.79 Å². The summed E-state index contributed by atoms with van der Waals surface area (Å²) in [6.07, 6.45) is 0. The van der Waals surface area contributed by atoms with Crippen molar-refractivity contribution in [2.75, 3.05) is 0 Å². The number of nitrogens with zero attached hydrogens (tertiary/aromatic N) is 1. The van der Waals surface area contributed by atoms with Crippen LogP contribution in [0.4, 0.5) is 0 Å². The maximum Gasteiger partial charge on any atom is 0.252 e. The SMILES string of the molecule is N#Cc1ccc(C(=O)NC(c2ccccc2)c2ccccc2)cc1. The Morgan fingerprint density at radius 2 is 1.29 bits per heavy atom. The van der Waals surface area contributed by atoms with E-state index in [1.165, 1.54) is 0 Å². The van der Waals surface area contributed by atoms with Gasteiger partial charge in [-0.1, -0.05) is 60.7 Å². The fraction of sp³-hybridized carbons (Fsp3) is 0.0476. The number of carbonyl (C=O) groups is 1. The maximum atomic E-state index is 12.6. The van der Waals surface area contributed by atoms with Crippen LogP contribution in [0.3, 0.4) is 0 Å². The lowest BCUT2D eigenvalue weighted by atomic mass is 9.98. The van der Waals surface area contributed by atoms with Crippen molar-refractivity contribution in [3.05, 3.63) is 107 Å². The van der Waals surface area contributed by atoms with E-state index < -0.39 is 0 Å². The van der Waals surface area contributed by atoms with E-state index in [-0.39, 0.29) is 11.9 Å². The van der Waals surface area contributed by atoms with E-state index in [1.54, 1.807) is 24.3 Å². The molecule has 3 aromatic rings. The van der Waals surface area contributed by atoms with E-state index in [0.717, 1.165) is 11.1 Å². The van der Waals surface area contributed by atoms with Crippen LogP contribution in [0, 0.1) is 11.3 Å². The van der Waals surface area contributed by atoms with E-state index in [0.29, 0.717) is 11.1 Å². The van der Waals surface area contributed by atoms with Crippen LogP contribution in [-0.4, -0.2) is 5.91 Å². The van der Waals surface area contributed by atoms with Gasteiger partial charge in [0.25, 0.3) is 5.91 Å². The molecule has 1 N–H and O–H groups in total. The number of hydrogen-bond acceptors (Lipinski definition) is 2. The minimum absolute atomic E-state index is 0.169. The van der Waals surface area contributed by atoms with Crippen molar-refractivity contribution in [2.45, 2.75) is 6.04 Å². The molecule has 0 saturated carbocycles. The van der Waals surface area contributed by atoms with Crippen LogP contribution in [0.15, 0.2) is 84.9 Å². The Morgan fingerprint density at radius 1 is 0.792 bits per heavy atom. The second kappa shape index (κ2) is 7.26. The Kier molecular flexibility index (Phi) is 4.69. The second-order valence-corrected chi connectivity index (χ2v) is 5.42. The summed E-state index contributed by atoms with van der Waals surface area (Å²) < 4.78 is 0. The fourth-order valence-corrected chi connectivity index (χ4v) is 2.56. The van der Waals surface area contributed by atoms with Crippen molar-refractivity contribution < 1.29 is 4.79 Å². The Labute approximate surface area is 141 Å². The Morgan fingerprint density at radius 3 is 1.75 bits per heavy atom. The van der Waals surface area contributed by atoms with Gasteiger partial charge in [0.2, 0.25) is 0 Å². The van der Waals surface area contributed by atoms with Crippen molar-refractivity contribution in [2.24, 2.45) is 0 Å². The van der Waals surface area contributed by atoms with Crippen molar-refractivity contribution in [3.63, 3.8) is 0 Å². The standard InChI is InChI=1S/C21H16N2O/c22-15-16-11-13-19(14-12-16)21(24)23-20(17-7-3-1-4-8-17)18-9-5-2-6-10-18/h1-14,20H,(H,23,24). The highest BCUT2D eigenvalue weighted by atomic mass is 16.1. The van der Waals surface area contributed by atoms with E-state index in [1.807, 2.05) is 60.7 Å². The predicted molar refractivity (Wildman–Crippen MR) is 93.4 cm³/mol. The molecule has 3 nitrogen and oxygen atoms in total. The molecule has 0 fully saturated rings. The summed E-state index contributed by atoms with van der Waals surface area (Å²) in [7, 11) is 0. The predicted octanol–water partition coefficient (Wildman–Crippen LogP) is 4.08. The van der Waals surface area contributed by atoms with Gasteiger partial charge in [0.1, 0.15) is 0 Å². The van der Waals surface area contributed by atoms with Crippen molar-refractivity contribution >= 4 is 5.91 Å². The van der Waals surface area contributed by atoms with Crippen LogP contribution in [0.25, 0.3) is 0 Å². The van der Waals surface area contributed by atoms with Crippen LogP contribution in [0.2, 0.25) is 0 Å². The average Bonchev–Trinajstić information content (AvgIpc) is 2.67. The van der Waals surface area contributed by atoms with Crippen LogP contribution in [0.1, 0.15) is 33.1 Å². The first-order valence-electron chi connectivity index (χ1n) is 7.69. The minimum Gasteiger partial charge on any atom is -0.341 e. The van der Waals surface area contributed by atoms with Crippen LogP contribution in [-0.2, 0) is 0 Å². The van der Waals surface area contributed by atoms with Crippen molar-refractivity contribution in [1.29, 1.82) is 5.26 Å².